The van der Waals surface area contributed by atoms with E-state index in [0.29, 0.717) is 5.92 Å². The fourth-order valence-electron chi connectivity index (χ4n) is 2.66. The highest BCUT2D eigenvalue weighted by Crippen LogP contribution is 2.53. The Bertz CT molecular complexity index is 203. The molecule has 4 atom stereocenters. The second-order valence-electron chi connectivity index (χ2n) is 4.08. The van der Waals surface area contributed by atoms with E-state index in [1.807, 2.05) is 6.92 Å². The molecule has 0 amide bonds. The average molecular weight is 164 g/mol. The standard InChI is InChI=1S/C11H16O/c1-8(12)11-9-6-4-2-3-5-7-10(9)11/h8-12H,4-7H2,1H3/t8?,9-,10+,11+. The van der Waals surface area contributed by atoms with Gasteiger partial charge in [-0.1, -0.05) is 0 Å². The average Bonchev–Trinajstić information content (AvgIpc) is 2.60. The van der Waals surface area contributed by atoms with Crippen molar-refractivity contribution in [1.82, 2.24) is 0 Å². The first-order chi connectivity index (χ1) is 5.80. The van der Waals surface area contributed by atoms with Crippen molar-refractivity contribution >= 4 is 0 Å². The van der Waals surface area contributed by atoms with Gasteiger partial charge in [0.05, 0.1) is 6.10 Å². The molecule has 0 saturated heterocycles. The number of hydrogen-bond donors (Lipinski definition) is 1. The van der Waals surface area contributed by atoms with Crippen LogP contribution in [0.25, 0.3) is 0 Å². The summed E-state index contributed by atoms with van der Waals surface area (Å²) in [6.45, 7) is 1.93. The van der Waals surface area contributed by atoms with E-state index >= 15 is 0 Å². The molecule has 2 aliphatic carbocycles. The van der Waals surface area contributed by atoms with Gasteiger partial charge >= 0.3 is 0 Å². The smallest absolute Gasteiger partial charge is 0.0545 e. The lowest BCUT2D eigenvalue weighted by atomic mass is 10.1. The molecule has 0 bridgehead atoms. The fraction of sp³-hybridized carbons (Fsp3) is 0.818. The Balaban J connectivity index is 1.95. The van der Waals surface area contributed by atoms with Gasteiger partial charge in [0.2, 0.25) is 0 Å². The Labute approximate surface area is 74.2 Å². The molecule has 66 valence electrons. The van der Waals surface area contributed by atoms with Crippen molar-refractivity contribution in [1.29, 1.82) is 0 Å². The zero-order valence-electron chi connectivity index (χ0n) is 7.59. The third kappa shape index (κ3) is 1.36. The van der Waals surface area contributed by atoms with Gasteiger partial charge in [0.25, 0.3) is 0 Å². The van der Waals surface area contributed by atoms with E-state index in [2.05, 4.69) is 11.8 Å². The summed E-state index contributed by atoms with van der Waals surface area (Å²) < 4.78 is 0. The molecule has 12 heavy (non-hydrogen) atoms. The Morgan fingerprint density at radius 2 is 1.67 bits per heavy atom. The van der Waals surface area contributed by atoms with Gasteiger partial charge in [-0.25, -0.2) is 0 Å². The second-order valence-corrected chi connectivity index (χ2v) is 4.08. The summed E-state index contributed by atoms with van der Waals surface area (Å²) in [5, 5.41) is 9.47. The summed E-state index contributed by atoms with van der Waals surface area (Å²) in [6, 6.07) is 0. The van der Waals surface area contributed by atoms with Crippen LogP contribution in [-0.2, 0) is 0 Å². The molecule has 1 heteroatoms. The molecule has 1 fully saturated rings. The largest absolute Gasteiger partial charge is 0.393 e. The molecule has 0 spiro atoms. The number of hydrogen-bond acceptors (Lipinski definition) is 1. The SMILES string of the molecule is CC(O)[C@H]1[C@@H]2CCC#CCC[C@@H]21. The minimum atomic E-state index is -0.0990. The topological polar surface area (TPSA) is 20.2 Å². The molecule has 1 unspecified atom stereocenters. The van der Waals surface area contributed by atoms with Crippen LogP contribution in [0.2, 0.25) is 0 Å². The minimum Gasteiger partial charge on any atom is -0.393 e. The zero-order valence-corrected chi connectivity index (χ0v) is 7.59. The van der Waals surface area contributed by atoms with Crippen LogP contribution in [0.5, 0.6) is 0 Å². The maximum absolute atomic E-state index is 9.47. The quantitative estimate of drug-likeness (QED) is 0.586. The van der Waals surface area contributed by atoms with Crippen molar-refractivity contribution in [3.63, 3.8) is 0 Å². The normalized spacial score (nSPS) is 41.3. The third-order valence-corrected chi connectivity index (χ3v) is 3.29. The molecule has 1 saturated carbocycles. The van der Waals surface area contributed by atoms with E-state index in [1.165, 1.54) is 12.8 Å². The van der Waals surface area contributed by atoms with Crippen molar-refractivity contribution in [2.24, 2.45) is 17.8 Å². The van der Waals surface area contributed by atoms with Gasteiger partial charge in [0, 0.05) is 12.8 Å². The van der Waals surface area contributed by atoms with E-state index in [0.717, 1.165) is 24.7 Å². The number of rotatable bonds is 1. The van der Waals surface area contributed by atoms with Crippen molar-refractivity contribution in [3.05, 3.63) is 0 Å². The monoisotopic (exact) mass is 164 g/mol. The van der Waals surface area contributed by atoms with E-state index < -0.39 is 0 Å². The lowest BCUT2D eigenvalue weighted by Gasteiger charge is -2.00. The van der Waals surface area contributed by atoms with Crippen LogP contribution in [0.15, 0.2) is 0 Å². The van der Waals surface area contributed by atoms with E-state index in [-0.39, 0.29) is 6.10 Å². The molecular weight excluding hydrogens is 148 g/mol. The van der Waals surface area contributed by atoms with Crippen LogP contribution in [0.4, 0.5) is 0 Å². The van der Waals surface area contributed by atoms with Gasteiger partial charge in [-0.15, -0.1) is 11.8 Å². The summed E-state index contributed by atoms with van der Waals surface area (Å²) in [6.07, 6.45) is 4.42. The third-order valence-electron chi connectivity index (χ3n) is 3.29. The molecule has 0 aromatic carbocycles. The van der Waals surface area contributed by atoms with Crippen LogP contribution in [0.1, 0.15) is 32.6 Å². The van der Waals surface area contributed by atoms with Crippen molar-refractivity contribution in [2.75, 3.05) is 0 Å². The molecule has 0 aromatic rings. The Morgan fingerprint density at radius 1 is 1.17 bits per heavy atom. The summed E-state index contributed by atoms with van der Waals surface area (Å²) in [4.78, 5) is 0. The summed E-state index contributed by atoms with van der Waals surface area (Å²) in [7, 11) is 0. The lowest BCUT2D eigenvalue weighted by Crippen LogP contribution is -2.05. The summed E-state index contributed by atoms with van der Waals surface area (Å²) >= 11 is 0. The maximum atomic E-state index is 9.47. The van der Waals surface area contributed by atoms with E-state index in [4.69, 9.17) is 0 Å². The summed E-state index contributed by atoms with van der Waals surface area (Å²) in [5.41, 5.74) is 0. The first-order valence-corrected chi connectivity index (χ1v) is 4.94. The highest BCUT2D eigenvalue weighted by atomic mass is 16.3. The molecule has 0 radical (unpaired) electrons. The predicted octanol–water partition coefficient (Wildman–Crippen LogP) is 1.81. The molecule has 2 rings (SSSR count). The number of fused-ring (bicyclic) bond motifs is 1. The highest BCUT2D eigenvalue weighted by Gasteiger charge is 2.50. The Morgan fingerprint density at radius 3 is 2.08 bits per heavy atom. The lowest BCUT2D eigenvalue weighted by molar-refractivity contribution is 0.158. The molecular formula is C11H16O. The highest BCUT2D eigenvalue weighted by molar-refractivity contribution is 5.08. The molecule has 1 nitrogen and oxygen atoms in total. The van der Waals surface area contributed by atoms with Crippen molar-refractivity contribution in [3.8, 4) is 11.8 Å². The molecule has 1 N–H and O–H groups in total. The maximum Gasteiger partial charge on any atom is 0.0545 e. The van der Waals surface area contributed by atoms with Crippen LogP contribution in [0, 0.1) is 29.6 Å². The van der Waals surface area contributed by atoms with E-state index in [9.17, 15) is 5.11 Å². The van der Waals surface area contributed by atoms with Crippen LogP contribution >= 0.6 is 0 Å². The first-order valence-electron chi connectivity index (χ1n) is 4.94. The zero-order chi connectivity index (χ0) is 8.55. The van der Waals surface area contributed by atoms with Gasteiger partial charge in [0.15, 0.2) is 0 Å². The molecule has 2 aliphatic rings. The van der Waals surface area contributed by atoms with Crippen LogP contribution < -0.4 is 0 Å². The predicted molar refractivity (Wildman–Crippen MR) is 48.4 cm³/mol. The summed E-state index contributed by atoms with van der Waals surface area (Å²) in [5.74, 6) is 8.52. The van der Waals surface area contributed by atoms with Gasteiger partial charge in [0.1, 0.15) is 0 Å². The number of aliphatic hydroxyl groups is 1. The van der Waals surface area contributed by atoms with Gasteiger partial charge in [-0.2, -0.15) is 0 Å². The first kappa shape index (κ1) is 8.13. The number of aliphatic hydroxyl groups excluding tert-OH is 1. The minimum absolute atomic E-state index is 0.0990. The van der Waals surface area contributed by atoms with Gasteiger partial charge in [-0.05, 0) is 37.5 Å². The fourth-order valence-corrected chi connectivity index (χ4v) is 2.66. The molecule has 0 heterocycles. The Hall–Kier alpha value is -0.480. The van der Waals surface area contributed by atoms with Crippen molar-refractivity contribution in [2.45, 2.75) is 38.7 Å². The van der Waals surface area contributed by atoms with Gasteiger partial charge in [-0.3, -0.25) is 0 Å². The van der Waals surface area contributed by atoms with Crippen LogP contribution in [-0.4, -0.2) is 11.2 Å². The Kier molecular flexibility index (Phi) is 2.11. The van der Waals surface area contributed by atoms with E-state index in [1.54, 1.807) is 0 Å². The van der Waals surface area contributed by atoms with Gasteiger partial charge < -0.3 is 5.11 Å². The van der Waals surface area contributed by atoms with Crippen molar-refractivity contribution < 1.29 is 5.11 Å². The molecule has 0 aliphatic heterocycles. The molecule has 0 aromatic heterocycles. The second kappa shape index (κ2) is 3.11. The van der Waals surface area contributed by atoms with Crippen LogP contribution in [0.3, 0.4) is 0 Å².